The average molecular weight is 389 g/mol. The summed E-state index contributed by atoms with van der Waals surface area (Å²) in [7, 11) is 0. The quantitative estimate of drug-likeness (QED) is 0.807. The molecule has 1 unspecified atom stereocenters. The molecule has 3 heterocycles. The van der Waals surface area contributed by atoms with E-state index in [1.54, 1.807) is 22.2 Å². The van der Waals surface area contributed by atoms with Crippen molar-refractivity contribution in [2.24, 2.45) is 5.92 Å². The van der Waals surface area contributed by atoms with E-state index < -0.39 is 0 Å². The van der Waals surface area contributed by atoms with Gasteiger partial charge in [-0.05, 0) is 44.6 Å². The second-order valence-electron chi connectivity index (χ2n) is 8.84. The van der Waals surface area contributed by atoms with Gasteiger partial charge < -0.3 is 0 Å². The number of aryl methyl sites for hydroxylation is 1. The summed E-state index contributed by atoms with van der Waals surface area (Å²) in [5.74, 6) is 0.449. The predicted molar refractivity (Wildman–Crippen MR) is 113 cm³/mol. The van der Waals surface area contributed by atoms with Crippen LogP contribution in [0.2, 0.25) is 0 Å². The van der Waals surface area contributed by atoms with Gasteiger partial charge in [-0.15, -0.1) is 11.3 Å². The van der Waals surface area contributed by atoms with Crippen LogP contribution in [0.1, 0.15) is 44.6 Å². The fourth-order valence-electron chi connectivity index (χ4n) is 4.64. The number of rotatable bonds is 4. The molecular weight excluding hydrogens is 356 g/mol. The van der Waals surface area contributed by atoms with Gasteiger partial charge in [0.2, 0.25) is 0 Å². The van der Waals surface area contributed by atoms with E-state index in [-0.39, 0.29) is 5.56 Å². The molecule has 4 rings (SSSR count). The summed E-state index contributed by atoms with van der Waals surface area (Å²) in [4.78, 5) is 25.2. The van der Waals surface area contributed by atoms with Gasteiger partial charge >= 0.3 is 0 Å². The minimum Gasteiger partial charge on any atom is -0.298 e. The Bertz CT molecular complexity index is 861. The molecule has 5 nitrogen and oxygen atoms in total. The third-order valence-corrected chi connectivity index (χ3v) is 7.33. The van der Waals surface area contributed by atoms with Crippen LogP contribution < -0.4 is 5.56 Å². The van der Waals surface area contributed by atoms with Gasteiger partial charge in [-0.1, -0.05) is 13.8 Å². The lowest BCUT2D eigenvalue weighted by Gasteiger charge is -2.42. The number of thiophene rings is 1. The summed E-state index contributed by atoms with van der Waals surface area (Å²) in [6, 6.07) is 1.27. The number of piperazine rings is 1. The summed E-state index contributed by atoms with van der Waals surface area (Å²) >= 11 is 1.75. The maximum absolute atomic E-state index is 13.0. The molecule has 148 valence electrons. The van der Waals surface area contributed by atoms with Crippen molar-refractivity contribution in [2.45, 2.75) is 65.6 Å². The van der Waals surface area contributed by atoms with Gasteiger partial charge in [0.15, 0.2) is 0 Å². The maximum Gasteiger partial charge on any atom is 0.262 e. The minimum atomic E-state index is 0.162. The number of hydrogen-bond acceptors (Lipinski definition) is 5. The van der Waals surface area contributed by atoms with Crippen LogP contribution in [0.15, 0.2) is 11.1 Å². The Labute approximate surface area is 166 Å². The fraction of sp³-hybridized carbons (Fsp3) is 0.714. The zero-order valence-corrected chi connectivity index (χ0v) is 17.9. The van der Waals surface area contributed by atoms with E-state index in [0.29, 0.717) is 18.0 Å². The molecule has 0 N–H and O–H groups in total. The Morgan fingerprint density at radius 1 is 1.19 bits per heavy atom. The largest absolute Gasteiger partial charge is 0.298 e. The lowest BCUT2D eigenvalue weighted by molar-refractivity contribution is 0.0735. The Hall–Kier alpha value is -1.24. The molecule has 1 atom stereocenters. The van der Waals surface area contributed by atoms with E-state index >= 15 is 0 Å². The molecule has 1 saturated heterocycles. The van der Waals surface area contributed by atoms with E-state index in [1.165, 1.54) is 43.0 Å². The second-order valence-corrected chi connectivity index (χ2v) is 9.93. The average Bonchev–Trinajstić information content (AvgIpc) is 3.02. The van der Waals surface area contributed by atoms with E-state index in [0.717, 1.165) is 29.6 Å². The molecule has 2 aliphatic rings. The highest BCUT2D eigenvalue weighted by Gasteiger charge is 2.30. The minimum absolute atomic E-state index is 0.162. The van der Waals surface area contributed by atoms with E-state index in [1.807, 2.05) is 0 Å². The van der Waals surface area contributed by atoms with Gasteiger partial charge in [-0.25, -0.2) is 4.98 Å². The van der Waals surface area contributed by atoms with Crippen molar-refractivity contribution in [1.29, 1.82) is 0 Å². The molecule has 0 aromatic carbocycles. The van der Waals surface area contributed by atoms with Crippen molar-refractivity contribution < 1.29 is 0 Å². The second kappa shape index (κ2) is 7.64. The van der Waals surface area contributed by atoms with Crippen LogP contribution in [0.25, 0.3) is 10.2 Å². The van der Waals surface area contributed by atoms with E-state index in [4.69, 9.17) is 0 Å². The topological polar surface area (TPSA) is 41.4 Å². The first-order valence-electron chi connectivity index (χ1n) is 10.4. The highest BCUT2D eigenvalue weighted by atomic mass is 32.1. The highest BCUT2D eigenvalue weighted by Crippen LogP contribution is 2.35. The molecular formula is C21H32N4OS. The summed E-state index contributed by atoms with van der Waals surface area (Å²) in [5, 5.41) is 0.904. The van der Waals surface area contributed by atoms with Crippen LogP contribution in [0, 0.1) is 5.92 Å². The van der Waals surface area contributed by atoms with Crippen molar-refractivity contribution >= 4 is 21.6 Å². The van der Waals surface area contributed by atoms with Crippen molar-refractivity contribution in [1.82, 2.24) is 19.4 Å². The van der Waals surface area contributed by atoms with Crippen LogP contribution in [0.3, 0.4) is 0 Å². The first kappa shape index (κ1) is 19.1. The molecule has 6 heteroatoms. The van der Waals surface area contributed by atoms with Crippen LogP contribution in [-0.2, 0) is 19.4 Å². The molecule has 0 spiro atoms. The first-order chi connectivity index (χ1) is 12.9. The summed E-state index contributed by atoms with van der Waals surface area (Å²) in [5.41, 5.74) is 1.46. The van der Waals surface area contributed by atoms with Gasteiger partial charge in [-0.2, -0.15) is 0 Å². The molecule has 0 radical (unpaired) electrons. The SMILES string of the molecule is CC(C)Cn1cnc2sc3c(c2c1=O)CCC(N1CCN(C(C)C)CC1)C3. The first-order valence-corrected chi connectivity index (χ1v) is 11.2. The molecule has 2 aromatic heterocycles. The van der Waals surface area contributed by atoms with Crippen molar-refractivity contribution in [3.8, 4) is 0 Å². The maximum atomic E-state index is 13.0. The van der Waals surface area contributed by atoms with Crippen LogP contribution in [-0.4, -0.2) is 57.6 Å². The van der Waals surface area contributed by atoms with E-state index in [9.17, 15) is 4.79 Å². The van der Waals surface area contributed by atoms with Gasteiger partial charge in [0.05, 0.1) is 11.7 Å². The lowest BCUT2D eigenvalue weighted by atomic mass is 9.91. The third-order valence-electron chi connectivity index (χ3n) is 6.17. The Morgan fingerprint density at radius 3 is 2.59 bits per heavy atom. The molecule has 0 bridgehead atoms. The molecule has 0 saturated carbocycles. The number of hydrogen-bond donors (Lipinski definition) is 0. The summed E-state index contributed by atoms with van der Waals surface area (Å²) in [6.07, 6.45) is 5.02. The monoisotopic (exact) mass is 388 g/mol. The predicted octanol–water partition coefficient (Wildman–Crippen LogP) is 3.00. The van der Waals surface area contributed by atoms with Gasteiger partial charge in [0, 0.05) is 49.7 Å². The molecule has 1 fully saturated rings. The summed E-state index contributed by atoms with van der Waals surface area (Å²) < 4.78 is 1.80. The summed E-state index contributed by atoms with van der Waals surface area (Å²) in [6.45, 7) is 14.3. The van der Waals surface area contributed by atoms with Crippen molar-refractivity contribution in [3.63, 3.8) is 0 Å². The van der Waals surface area contributed by atoms with E-state index in [2.05, 4.69) is 42.5 Å². The molecule has 2 aromatic rings. The number of nitrogens with zero attached hydrogens (tertiary/aromatic N) is 4. The van der Waals surface area contributed by atoms with Crippen LogP contribution in [0.5, 0.6) is 0 Å². The smallest absolute Gasteiger partial charge is 0.262 e. The molecule has 0 amide bonds. The van der Waals surface area contributed by atoms with Gasteiger partial charge in [0.1, 0.15) is 4.83 Å². The molecule has 1 aliphatic heterocycles. The molecule has 27 heavy (non-hydrogen) atoms. The Balaban J connectivity index is 1.55. The number of aromatic nitrogens is 2. The molecule has 1 aliphatic carbocycles. The fourth-order valence-corrected chi connectivity index (χ4v) is 5.89. The van der Waals surface area contributed by atoms with Gasteiger partial charge in [0.25, 0.3) is 5.56 Å². The Kier molecular flexibility index (Phi) is 5.41. The van der Waals surface area contributed by atoms with Crippen LogP contribution >= 0.6 is 11.3 Å². The normalized spacial score (nSPS) is 22.1. The standard InChI is InChI=1S/C21H32N4OS/c1-14(2)12-25-13-22-20-19(21(25)26)17-6-5-16(11-18(17)27-20)24-9-7-23(8-10-24)15(3)4/h13-16H,5-12H2,1-4H3. The van der Waals surface area contributed by atoms with Crippen LogP contribution in [0.4, 0.5) is 0 Å². The lowest BCUT2D eigenvalue weighted by Crippen LogP contribution is -2.53. The zero-order valence-electron chi connectivity index (χ0n) is 17.1. The Morgan fingerprint density at radius 2 is 1.93 bits per heavy atom. The highest BCUT2D eigenvalue weighted by molar-refractivity contribution is 7.18. The third kappa shape index (κ3) is 3.71. The van der Waals surface area contributed by atoms with Gasteiger partial charge in [-0.3, -0.25) is 19.2 Å². The van der Waals surface area contributed by atoms with Crippen molar-refractivity contribution in [2.75, 3.05) is 26.2 Å². The van der Waals surface area contributed by atoms with Crippen molar-refractivity contribution in [3.05, 3.63) is 27.1 Å². The zero-order chi connectivity index (χ0) is 19.1. The number of fused-ring (bicyclic) bond motifs is 3.